The van der Waals surface area contributed by atoms with Crippen LogP contribution in [-0.4, -0.2) is 34.1 Å². The predicted octanol–water partition coefficient (Wildman–Crippen LogP) is 4.70. The molecule has 0 fully saturated rings. The molecule has 4 aromatic rings. The molecule has 0 saturated heterocycles. The molecule has 0 N–H and O–H groups in total. The van der Waals surface area contributed by atoms with Crippen LogP contribution in [0.5, 0.6) is 0 Å². The number of para-hydroxylation sites is 1. The van der Waals surface area contributed by atoms with E-state index >= 15 is 0 Å². The van der Waals surface area contributed by atoms with Gasteiger partial charge < -0.3 is 9.47 Å². The van der Waals surface area contributed by atoms with E-state index in [1.807, 2.05) is 42.5 Å². The fraction of sp³-hybridized carbons (Fsp3) is 0.179. The number of fused-ring (bicyclic) bond motifs is 3. The number of aromatic nitrogens is 1. The van der Waals surface area contributed by atoms with Crippen molar-refractivity contribution in [3.63, 3.8) is 0 Å². The van der Waals surface area contributed by atoms with Crippen LogP contribution in [0.3, 0.4) is 0 Å². The highest BCUT2D eigenvalue weighted by molar-refractivity contribution is 6.04. The van der Waals surface area contributed by atoms with Crippen LogP contribution in [0.25, 0.3) is 10.9 Å². The molecule has 0 saturated carbocycles. The van der Waals surface area contributed by atoms with E-state index in [-0.39, 0.29) is 17.2 Å². The predicted molar refractivity (Wildman–Crippen MR) is 133 cm³/mol. The molecule has 0 bridgehead atoms. The third-order valence-electron chi connectivity index (χ3n) is 6.53. The monoisotopic (exact) mass is 498 g/mol. The first kappa shape index (κ1) is 23.9. The van der Waals surface area contributed by atoms with Crippen molar-refractivity contribution >= 4 is 34.4 Å². The van der Waals surface area contributed by atoms with Gasteiger partial charge in [0, 0.05) is 28.8 Å². The molecular formula is C28H22N2O7. The van der Waals surface area contributed by atoms with Gasteiger partial charge in [0.25, 0.3) is 11.6 Å². The standard InChI is InChI=1S/C28H22N2O7/c31-26(18-6-2-1-3-7-18)29-24-9-5-4-8-22(24)23-16-20(12-15-25(23)29)28(33)37-17-36-27(32)19-10-13-21(14-11-19)30(34)35/h1-11,13-14,20H,12,15-17H2. The van der Waals surface area contributed by atoms with Crippen LogP contribution in [-0.2, 0) is 27.1 Å². The van der Waals surface area contributed by atoms with Gasteiger partial charge >= 0.3 is 11.9 Å². The summed E-state index contributed by atoms with van der Waals surface area (Å²) >= 11 is 0. The molecule has 186 valence electrons. The number of nitrogens with zero attached hydrogens (tertiary/aromatic N) is 2. The van der Waals surface area contributed by atoms with Gasteiger partial charge in [0.05, 0.1) is 21.9 Å². The second-order valence-electron chi connectivity index (χ2n) is 8.71. The zero-order valence-corrected chi connectivity index (χ0v) is 19.7. The number of nitro groups is 1. The molecule has 0 spiro atoms. The zero-order chi connectivity index (χ0) is 25.9. The van der Waals surface area contributed by atoms with Crippen LogP contribution in [0.2, 0.25) is 0 Å². The van der Waals surface area contributed by atoms with Crippen molar-refractivity contribution in [3.05, 3.63) is 111 Å². The molecule has 5 rings (SSSR count). The van der Waals surface area contributed by atoms with Gasteiger partial charge in [-0.05, 0) is 55.2 Å². The SMILES string of the molecule is O=C(OCOC(=O)C1CCc2c(c3ccccc3n2C(=O)c2ccccc2)C1)c1ccc([N+](=O)[O-])cc1. The first-order valence-electron chi connectivity index (χ1n) is 11.7. The maximum atomic E-state index is 13.4. The molecular weight excluding hydrogens is 476 g/mol. The van der Waals surface area contributed by atoms with E-state index in [1.165, 1.54) is 24.3 Å². The van der Waals surface area contributed by atoms with Gasteiger partial charge in [0.2, 0.25) is 6.79 Å². The van der Waals surface area contributed by atoms with Crippen LogP contribution in [0, 0.1) is 16.0 Å². The quantitative estimate of drug-likeness (QED) is 0.164. The Kier molecular flexibility index (Phi) is 6.51. The van der Waals surface area contributed by atoms with Crippen LogP contribution < -0.4 is 0 Å². The summed E-state index contributed by atoms with van der Waals surface area (Å²) in [6, 6.07) is 21.7. The second-order valence-corrected chi connectivity index (χ2v) is 8.71. The largest absolute Gasteiger partial charge is 0.428 e. The van der Waals surface area contributed by atoms with Gasteiger partial charge in [-0.25, -0.2) is 4.79 Å². The summed E-state index contributed by atoms with van der Waals surface area (Å²) in [6.45, 7) is -0.563. The van der Waals surface area contributed by atoms with Gasteiger partial charge in [-0.2, -0.15) is 0 Å². The molecule has 9 nitrogen and oxygen atoms in total. The highest BCUT2D eigenvalue weighted by Crippen LogP contribution is 2.35. The van der Waals surface area contributed by atoms with E-state index in [0.717, 1.165) is 22.2 Å². The molecule has 0 amide bonds. The third kappa shape index (κ3) is 4.71. The van der Waals surface area contributed by atoms with Crippen molar-refractivity contribution < 1.29 is 28.8 Å². The first-order valence-corrected chi connectivity index (χ1v) is 11.7. The maximum absolute atomic E-state index is 13.4. The molecule has 1 aliphatic rings. The Hall–Kier alpha value is -4.79. The summed E-state index contributed by atoms with van der Waals surface area (Å²) in [5.74, 6) is -1.81. The number of rotatable bonds is 6. The van der Waals surface area contributed by atoms with E-state index in [2.05, 4.69) is 0 Å². The lowest BCUT2D eigenvalue weighted by atomic mass is 9.86. The maximum Gasteiger partial charge on any atom is 0.341 e. The van der Waals surface area contributed by atoms with Crippen molar-refractivity contribution in [1.82, 2.24) is 4.57 Å². The number of carbonyl (C=O) groups is 3. The van der Waals surface area contributed by atoms with Crippen molar-refractivity contribution in [2.45, 2.75) is 19.3 Å². The van der Waals surface area contributed by atoms with Crippen molar-refractivity contribution in [3.8, 4) is 0 Å². The molecule has 3 aromatic carbocycles. The molecule has 0 aliphatic heterocycles. The fourth-order valence-corrected chi connectivity index (χ4v) is 4.71. The number of nitro benzene ring substituents is 1. The summed E-state index contributed by atoms with van der Waals surface area (Å²) in [6.07, 6.45) is 1.41. The number of hydrogen-bond acceptors (Lipinski definition) is 7. The number of hydrogen-bond donors (Lipinski definition) is 0. The lowest BCUT2D eigenvalue weighted by Crippen LogP contribution is -2.27. The van der Waals surface area contributed by atoms with Crippen LogP contribution in [0.4, 0.5) is 5.69 Å². The lowest BCUT2D eigenvalue weighted by Gasteiger charge is -2.22. The summed E-state index contributed by atoms with van der Waals surface area (Å²) in [4.78, 5) is 48.5. The highest BCUT2D eigenvalue weighted by Gasteiger charge is 2.32. The second kappa shape index (κ2) is 10.1. The van der Waals surface area contributed by atoms with Crippen LogP contribution >= 0.6 is 0 Å². The normalized spacial score (nSPS) is 14.5. The minimum Gasteiger partial charge on any atom is -0.428 e. The smallest absolute Gasteiger partial charge is 0.341 e. The van der Waals surface area contributed by atoms with Crippen molar-refractivity contribution in [2.75, 3.05) is 6.79 Å². The highest BCUT2D eigenvalue weighted by atomic mass is 16.7. The minimum absolute atomic E-state index is 0.111. The van der Waals surface area contributed by atoms with Gasteiger partial charge in [0.15, 0.2) is 0 Å². The molecule has 1 unspecified atom stereocenters. The minimum atomic E-state index is -0.754. The average Bonchev–Trinajstić information content (AvgIpc) is 3.26. The van der Waals surface area contributed by atoms with Gasteiger partial charge in [-0.1, -0.05) is 36.4 Å². The molecule has 0 radical (unpaired) electrons. The summed E-state index contributed by atoms with van der Waals surface area (Å²) in [5, 5.41) is 11.7. The van der Waals surface area contributed by atoms with Crippen molar-refractivity contribution in [2.24, 2.45) is 5.92 Å². The van der Waals surface area contributed by atoms with E-state index in [1.54, 1.807) is 16.7 Å². The summed E-state index contributed by atoms with van der Waals surface area (Å²) < 4.78 is 12.0. The number of benzene rings is 3. The Morgan fingerprint density at radius 2 is 1.59 bits per heavy atom. The van der Waals surface area contributed by atoms with E-state index in [9.17, 15) is 24.5 Å². The topological polar surface area (TPSA) is 118 Å². The number of carbonyl (C=O) groups excluding carboxylic acids is 3. The Bertz CT molecular complexity index is 1510. The first-order chi connectivity index (χ1) is 17.9. The summed E-state index contributed by atoms with van der Waals surface area (Å²) in [7, 11) is 0. The molecule has 1 heterocycles. The van der Waals surface area contributed by atoms with Crippen LogP contribution in [0.15, 0.2) is 78.9 Å². The number of ether oxygens (including phenoxy) is 2. The van der Waals surface area contributed by atoms with Gasteiger partial charge in [-0.3, -0.25) is 24.3 Å². The van der Waals surface area contributed by atoms with Crippen LogP contribution in [0.1, 0.15) is 38.4 Å². The zero-order valence-electron chi connectivity index (χ0n) is 19.7. The molecule has 1 aliphatic carbocycles. The summed E-state index contributed by atoms with van der Waals surface area (Å²) in [5.41, 5.74) is 3.18. The molecule has 9 heteroatoms. The third-order valence-corrected chi connectivity index (χ3v) is 6.53. The Morgan fingerprint density at radius 3 is 2.32 bits per heavy atom. The van der Waals surface area contributed by atoms with Gasteiger partial charge in [-0.15, -0.1) is 0 Å². The Balaban J connectivity index is 1.27. The Morgan fingerprint density at radius 1 is 0.892 bits per heavy atom. The van der Waals surface area contributed by atoms with E-state index < -0.39 is 29.6 Å². The average molecular weight is 498 g/mol. The van der Waals surface area contributed by atoms with Gasteiger partial charge in [0.1, 0.15) is 0 Å². The number of non-ortho nitro benzene ring substituents is 1. The lowest BCUT2D eigenvalue weighted by molar-refractivity contribution is -0.384. The molecule has 1 aromatic heterocycles. The van der Waals surface area contributed by atoms with Crippen molar-refractivity contribution in [1.29, 1.82) is 0 Å². The molecule has 1 atom stereocenters. The fourth-order valence-electron chi connectivity index (χ4n) is 4.71. The molecule has 37 heavy (non-hydrogen) atoms. The van der Waals surface area contributed by atoms with E-state index in [0.29, 0.717) is 24.8 Å². The number of esters is 2. The van der Waals surface area contributed by atoms with E-state index in [4.69, 9.17) is 9.47 Å². The Labute approximate surface area is 211 Å².